The van der Waals surface area contributed by atoms with Gasteiger partial charge in [-0.05, 0) is 0 Å². The summed E-state index contributed by atoms with van der Waals surface area (Å²) in [5.41, 5.74) is 0. The summed E-state index contributed by atoms with van der Waals surface area (Å²) in [6.45, 7) is 0.301. The molecule has 1 rings (SSSR count). The van der Waals surface area contributed by atoms with Crippen LogP contribution < -0.4 is 5.32 Å². The first kappa shape index (κ1) is 4.18. The number of carbonyl (C=O) groups excluding carboxylic acids is 1. The Hall–Kier alpha value is -0.990. The lowest BCUT2D eigenvalue weighted by atomic mass is 10.5. The highest BCUT2D eigenvalue weighted by atomic mass is 16.5. The fourth-order valence-electron chi connectivity index (χ4n) is 0.330. The van der Waals surface area contributed by atoms with Gasteiger partial charge in [-0.25, -0.2) is 0 Å². The molecule has 1 aliphatic heterocycles. The fourth-order valence-corrected chi connectivity index (χ4v) is 0.330. The zero-order chi connectivity index (χ0) is 5.11. The van der Waals surface area contributed by atoms with Crippen LogP contribution in [0, 0.1) is 0 Å². The molecule has 7 heavy (non-hydrogen) atoms. The molecule has 1 amide bonds. The van der Waals surface area contributed by atoms with Gasteiger partial charge in [-0.1, -0.05) is 0 Å². The van der Waals surface area contributed by atoms with E-state index in [2.05, 4.69) is 10.1 Å². The van der Waals surface area contributed by atoms with Gasteiger partial charge in [0.05, 0.1) is 6.26 Å². The van der Waals surface area contributed by atoms with Gasteiger partial charge >= 0.3 is 0 Å². The second-order valence-electron chi connectivity index (χ2n) is 1.15. The number of ether oxygens (including phenoxy) is 1. The van der Waals surface area contributed by atoms with Crippen LogP contribution in [0.4, 0.5) is 0 Å². The summed E-state index contributed by atoms with van der Waals surface area (Å²) in [4.78, 5) is 10.2. The van der Waals surface area contributed by atoms with Gasteiger partial charge in [-0.15, -0.1) is 0 Å². The molecule has 0 aromatic carbocycles. The molecule has 1 heterocycles. The maximum absolute atomic E-state index is 10.2. The maximum atomic E-state index is 10.2. The summed E-state index contributed by atoms with van der Waals surface area (Å²) in [5.74, 6) is -0.0914. The van der Waals surface area contributed by atoms with Crippen molar-refractivity contribution in [1.82, 2.24) is 5.32 Å². The molecule has 0 radical (unpaired) electrons. The Kier molecular flexibility index (Phi) is 0.978. The van der Waals surface area contributed by atoms with Gasteiger partial charge in [0.2, 0.25) is 5.91 Å². The zero-order valence-corrected chi connectivity index (χ0v) is 3.68. The van der Waals surface area contributed by atoms with Crippen molar-refractivity contribution in [3.63, 3.8) is 0 Å². The van der Waals surface area contributed by atoms with Gasteiger partial charge in [0, 0.05) is 6.08 Å². The summed E-state index contributed by atoms with van der Waals surface area (Å²) >= 11 is 0. The number of hydrogen-bond donors (Lipinski definition) is 1. The van der Waals surface area contributed by atoms with Crippen LogP contribution in [-0.2, 0) is 9.53 Å². The molecule has 0 fully saturated rings. The van der Waals surface area contributed by atoms with E-state index in [1.54, 1.807) is 0 Å². The second-order valence-corrected chi connectivity index (χ2v) is 1.15. The predicted octanol–water partition coefficient (Wildman–Crippen LogP) is -0.396. The van der Waals surface area contributed by atoms with E-state index in [9.17, 15) is 4.79 Å². The molecule has 0 saturated carbocycles. The zero-order valence-electron chi connectivity index (χ0n) is 3.68. The van der Waals surface area contributed by atoms with E-state index in [1.165, 1.54) is 12.3 Å². The van der Waals surface area contributed by atoms with E-state index >= 15 is 0 Å². The van der Waals surface area contributed by atoms with Crippen molar-refractivity contribution in [2.45, 2.75) is 0 Å². The highest BCUT2D eigenvalue weighted by Crippen LogP contribution is 1.81. The Balaban J connectivity index is 2.51. The van der Waals surface area contributed by atoms with Gasteiger partial charge in [0.1, 0.15) is 0 Å². The van der Waals surface area contributed by atoms with E-state index in [0.717, 1.165) is 0 Å². The number of rotatable bonds is 0. The van der Waals surface area contributed by atoms with Gasteiger partial charge in [-0.3, -0.25) is 4.79 Å². The minimum absolute atomic E-state index is 0.0914. The topological polar surface area (TPSA) is 38.3 Å². The molecule has 3 nitrogen and oxygen atoms in total. The molecule has 0 aliphatic carbocycles. The molecule has 0 aromatic heterocycles. The van der Waals surface area contributed by atoms with Crippen LogP contribution in [0.15, 0.2) is 12.3 Å². The highest BCUT2D eigenvalue weighted by molar-refractivity contribution is 5.87. The number of nitrogens with one attached hydrogen (secondary N) is 1. The average molecular weight is 99.1 g/mol. The molecule has 0 unspecified atom stereocenters. The summed E-state index contributed by atoms with van der Waals surface area (Å²) < 4.78 is 4.63. The molecule has 0 bridgehead atoms. The molecule has 0 spiro atoms. The highest BCUT2D eigenvalue weighted by Gasteiger charge is 1.96. The van der Waals surface area contributed by atoms with Crippen LogP contribution in [0.5, 0.6) is 0 Å². The SMILES string of the molecule is O=C1C=COCN1. The summed E-state index contributed by atoms with van der Waals surface area (Å²) in [5, 5.41) is 2.43. The minimum Gasteiger partial charge on any atom is -0.481 e. The first-order chi connectivity index (χ1) is 3.39. The third kappa shape index (κ3) is 0.924. The standard InChI is InChI=1S/C4H5NO2/c6-4-1-2-7-3-5-4/h1-2H,3H2,(H,5,6). The normalized spacial score (nSPS) is 18.0. The molecular weight excluding hydrogens is 94.0 g/mol. The van der Waals surface area contributed by atoms with E-state index in [1.807, 2.05) is 0 Å². The molecule has 38 valence electrons. The van der Waals surface area contributed by atoms with Crippen molar-refractivity contribution in [1.29, 1.82) is 0 Å². The predicted molar refractivity (Wildman–Crippen MR) is 23.2 cm³/mol. The summed E-state index contributed by atoms with van der Waals surface area (Å²) in [6.07, 6.45) is 2.71. The smallest absolute Gasteiger partial charge is 0.249 e. The quantitative estimate of drug-likeness (QED) is 0.449. The molecule has 3 heteroatoms. The first-order valence-electron chi connectivity index (χ1n) is 1.95. The maximum Gasteiger partial charge on any atom is 0.249 e. The third-order valence-corrected chi connectivity index (χ3v) is 0.645. The number of hydrogen-bond acceptors (Lipinski definition) is 2. The molecule has 0 saturated heterocycles. The van der Waals surface area contributed by atoms with Gasteiger partial charge in [0.15, 0.2) is 6.73 Å². The molecular formula is C4H5NO2. The van der Waals surface area contributed by atoms with Crippen LogP contribution in [0.25, 0.3) is 0 Å². The Morgan fingerprint density at radius 3 is 3.00 bits per heavy atom. The molecule has 0 aromatic rings. The van der Waals surface area contributed by atoms with Crippen LogP contribution in [-0.4, -0.2) is 12.6 Å². The lowest BCUT2D eigenvalue weighted by Gasteiger charge is -2.04. The van der Waals surface area contributed by atoms with Crippen molar-refractivity contribution in [2.75, 3.05) is 6.73 Å². The third-order valence-electron chi connectivity index (χ3n) is 0.645. The van der Waals surface area contributed by atoms with Gasteiger partial charge in [0.25, 0.3) is 0 Å². The van der Waals surface area contributed by atoms with E-state index in [4.69, 9.17) is 0 Å². The Labute approximate surface area is 41.0 Å². The summed E-state index contributed by atoms with van der Waals surface area (Å²) in [7, 11) is 0. The van der Waals surface area contributed by atoms with Crippen LogP contribution >= 0.6 is 0 Å². The Morgan fingerprint density at radius 2 is 2.71 bits per heavy atom. The van der Waals surface area contributed by atoms with Crippen molar-refractivity contribution >= 4 is 5.91 Å². The van der Waals surface area contributed by atoms with Crippen LogP contribution in [0.3, 0.4) is 0 Å². The van der Waals surface area contributed by atoms with Crippen LogP contribution in [0.1, 0.15) is 0 Å². The number of amides is 1. The van der Waals surface area contributed by atoms with E-state index in [0.29, 0.717) is 6.73 Å². The van der Waals surface area contributed by atoms with E-state index < -0.39 is 0 Å². The Bertz CT molecular complexity index is 108. The molecule has 1 aliphatic rings. The lowest BCUT2D eigenvalue weighted by Crippen LogP contribution is -2.26. The molecule has 1 N–H and O–H groups in total. The lowest BCUT2D eigenvalue weighted by molar-refractivity contribution is -0.118. The van der Waals surface area contributed by atoms with Crippen molar-refractivity contribution < 1.29 is 9.53 Å². The monoisotopic (exact) mass is 99.0 g/mol. The fraction of sp³-hybridized carbons (Fsp3) is 0.250. The van der Waals surface area contributed by atoms with Crippen molar-refractivity contribution in [3.05, 3.63) is 12.3 Å². The van der Waals surface area contributed by atoms with Crippen molar-refractivity contribution in [3.8, 4) is 0 Å². The van der Waals surface area contributed by atoms with E-state index in [-0.39, 0.29) is 5.91 Å². The van der Waals surface area contributed by atoms with Crippen molar-refractivity contribution in [2.24, 2.45) is 0 Å². The minimum atomic E-state index is -0.0914. The largest absolute Gasteiger partial charge is 0.481 e. The molecule has 0 atom stereocenters. The number of carbonyl (C=O) groups is 1. The second kappa shape index (κ2) is 1.64. The first-order valence-corrected chi connectivity index (χ1v) is 1.95. The van der Waals surface area contributed by atoms with Gasteiger partial charge in [-0.2, -0.15) is 0 Å². The van der Waals surface area contributed by atoms with Gasteiger partial charge < -0.3 is 10.1 Å². The van der Waals surface area contributed by atoms with Crippen LogP contribution in [0.2, 0.25) is 0 Å². The average Bonchev–Trinajstić information content (AvgIpc) is 1.69. The Morgan fingerprint density at radius 1 is 1.86 bits per heavy atom. The summed E-state index contributed by atoms with van der Waals surface area (Å²) in [6, 6.07) is 0.